The SMILES string of the molecule is CC(C)CSCC(=O)N1CCC(C(=O)NN)CC1. The average Bonchev–Trinajstić information content (AvgIpc) is 2.37. The number of piperidine rings is 1. The lowest BCUT2D eigenvalue weighted by Gasteiger charge is -2.31. The summed E-state index contributed by atoms with van der Waals surface area (Å²) in [6.07, 6.45) is 1.42. The van der Waals surface area contributed by atoms with E-state index < -0.39 is 0 Å². The minimum Gasteiger partial charge on any atom is -0.342 e. The Hall–Kier alpha value is -0.750. The van der Waals surface area contributed by atoms with E-state index in [-0.39, 0.29) is 17.7 Å². The average molecular weight is 273 g/mol. The molecule has 104 valence electrons. The van der Waals surface area contributed by atoms with Gasteiger partial charge in [0.1, 0.15) is 0 Å². The Kier molecular flexibility index (Phi) is 6.49. The van der Waals surface area contributed by atoms with Crippen LogP contribution in [0.4, 0.5) is 0 Å². The molecule has 1 rings (SSSR count). The number of rotatable bonds is 5. The highest BCUT2D eigenvalue weighted by molar-refractivity contribution is 7.99. The quantitative estimate of drug-likeness (QED) is 0.437. The summed E-state index contributed by atoms with van der Waals surface area (Å²) in [6, 6.07) is 0. The van der Waals surface area contributed by atoms with Crippen LogP contribution in [0.2, 0.25) is 0 Å². The molecule has 0 atom stereocenters. The molecule has 5 nitrogen and oxygen atoms in total. The van der Waals surface area contributed by atoms with Crippen LogP contribution < -0.4 is 11.3 Å². The van der Waals surface area contributed by atoms with E-state index in [1.165, 1.54) is 0 Å². The van der Waals surface area contributed by atoms with Crippen LogP contribution in [0.5, 0.6) is 0 Å². The first-order chi connectivity index (χ1) is 8.54. The van der Waals surface area contributed by atoms with Crippen molar-refractivity contribution in [2.24, 2.45) is 17.7 Å². The van der Waals surface area contributed by atoms with Crippen molar-refractivity contribution in [3.05, 3.63) is 0 Å². The molecule has 1 aliphatic heterocycles. The second-order valence-corrected chi connectivity index (χ2v) is 6.10. The molecule has 2 amide bonds. The molecule has 0 aliphatic carbocycles. The van der Waals surface area contributed by atoms with Crippen molar-refractivity contribution in [1.82, 2.24) is 10.3 Å². The van der Waals surface area contributed by atoms with Gasteiger partial charge in [0.2, 0.25) is 11.8 Å². The molecule has 1 aliphatic rings. The predicted molar refractivity (Wildman–Crippen MR) is 73.8 cm³/mol. The van der Waals surface area contributed by atoms with E-state index in [0.29, 0.717) is 37.6 Å². The maximum absolute atomic E-state index is 11.9. The molecule has 0 unspecified atom stereocenters. The van der Waals surface area contributed by atoms with E-state index in [2.05, 4.69) is 19.3 Å². The Morgan fingerprint density at radius 3 is 2.50 bits per heavy atom. The third kappa shape index (κ3) is 4.86. The largest absolute Gasteiger partial charge is 0.342 e. The Balaban J connectivity index is 2.25. The third-order valence-corrected chi connectivity index (χ3v) is 4.39. The molecule has 0 saturated carbocycles. The molecule has 3 N–H and O–H groups in total. The molecule has 0 bridgehead atoms. The number of hydrogen-bond donors (Lipinski definition) is 2. The molecule has 6 heteroatoms. The monoisotopic (exact) mass is 273 g/mol. The summed E-state index contributed by atoms with van der Waals surface area (Å²) >= 11 is 1.68. The fraction of sp³-hybridized carbons (Fsp3) is 0.833. The van der Waals surface area contributed by atoms with Gasteiger partial charge < -0.3 is 4.90 Å². The Labute approximate surface area is 113 Å². The molecule has 1 saturated heterocycles. The summed E-state index contributed by atoms with van der Waals surface area (Å²) in [7, 11) is 0. The summed E-state index contributed by atoms with van der Waals surface area (Å²) in [6.45, 7) is 5.63. The number of hydrazine groups is 1. The molecule has 1 fully saturated rings. The minimum absolute atomic E-state index is 0.0395. The van der Waals surface area contributed by atoms with Gasteiger partial charge in [-0.05, 0) is 24.5 Å². The van der Waals surface area contributed by atoms with Crippen LogP contribution >= 0.6 is 11.8 Å². The summed E-state index contributed by atoms with van der Waals surface area (Å²) in [5.41, 5.74) is 2.18. The number of thioether (sulfide) groups is 1. The second-order valence-electron chi connectivity index (χ2n) is 5.07. The molecular formula is C12H23N3O2S. The molecule has 0 aromatic carbocycles. The van der Waals surface area contributed by atoms with Gasteiger partial charge in [-0.2, -0.15) is 11.8 Å². The van der Waals surface area contributed by atoms with Crippen molar-refractivity contribution >= 4 is 23.6 Å². The first kappa shape index (κ1) is 15.3. The van der Waals surface area contributed by atoms with Crippen LogP contribution in [0.25, 0.3) is 0 Å². The highest BCUT2D eigenvalue weighted by Crippen LogP contribution is 2.18. The van der Waals surface area contributed by atoms with E-state index in [1.54, 1.807) is 11.8 Å². The molecule has 18 heavy (non-hydrogen) atoms. The molecule has 0 aromatic heterocycles. The number of hydrogen-bond acceptors (Lipinski definition) is 4. The van der Waals surface area contributed by atoms with Gasteiger partial charge in [0.15, 0.2) is 0 Å². The van der Waals surface area contributed by atoms with Gasteiger partial charge in [-0.3, -0.25) is 15.0 Å². The summed E-state index contributed by atoms with van der Waals surface area (Å²) < 4.78 is 0. The number of nitrogens with zero attached hydrogens (tertiary/aromatic N) is 1. The zero-order chi connectivity index (χ0) is 13.5. The predicted octanol–water partition coefficient (Wildman–Crippen LogP) is 0.604. The highest BCUT2D eigenvalue weighted by atomic mass is 32.2. The van der Waals surface area contributed by atoms with Gasteiger partial charge >= 0.3 is 0 Å². The summed E-state index contributed by atoms with van der Waals surface area (Å²) in [4.78, 5) is 25.1. The van der Waals surface area contributed by atoms with Crippen molar-refractivity contribution in [1.29, 1.82) is 0 Å². The van der Waals surface area contributed by atoms with Gasteiger partial charge in [-0.15, -0.1) is 0 Å². The van der Waals surface area contributed by atoms with Crippen molar-refractivity contribution in [3.8, 4) is 0 Å². The first-order valence-electron chi connectivity index (χ1n) is 6.40. The van der Waals surface area contributed by atoms with Crippen molar-refractivity contribution in [3.63, 3.8) is 0 Å². The van der Waals surface area contributed by atoms with Gasteiger partial charge in [0, 0.05) is 19.0 Å². The highest BCUT2D eigenvalue weighted by Gasteiger charge is 2.26. The number of carbonyl (C=O) groups is 2. The number of likely N-dealkylation sites (tertiary alicyclic amines) is 1. The second kappa shape index (κ2) is 7.63. The lowest BCUT2D eigenvalue weighted by molar-refractivity contribution is -0.133. The van der Waals surface area contributed by atoms with Crippen molar-refractivity contribution in [2.75, 3.05) is 24.6 Å². The van der Waals surface area contributed by atoms with E-state index >= 15 is 0 Å². The number of carbonyl (C=O) groups excluding carboxylic acids is 2. The normalized spacial score (nSPS) is 17.0. The fourth-order valence-corrected chi connectivity index (χ4v) is 2.93. The fourth-order valence-electron chi connectivity index (χ4n) is 1.98. The van der Waals surface area contributed by atoms with Crippen LogP contribution in [-0.4, -0.2) is 41.3 Å². The topological polar surface area (TPSA) is 75.4 Å². The van der Waals surface area contributed by atoms with Gasteiger partial charge in [0.05, 0.1) is 5.75 Å². The Bertz CT molecular complexity index is 289. The number of amides is 2. The van der Waals surface area contributed by atoms with Crippen LogP contribution in [-0.2, 0) is 9.59 Å². The molecule has 0 spiro atoms. The first-order valence-corrected chi connectivity index (χ1v) is 7.56. The van der Waals surface area contributed by atoms with Crippen LogP contribution in [0, 0.1) is 11.8 Å². The van der Waals surface area contributed by atoms with Gasteiger partial charge in [-0.1, -0.05) is 13.8 Å². The van der Waals surface area contributed by atoms with E-state index in [4.69, 9.17) is 5.84 Å². The van der Waals surface area contributed by atoms with E-state index in [1.807, 2.05) is 4.90 Å². The van der Waals surface area contributed by atoms with E-state index in [9.17, 15) is 9.59 Å². The van der Waals surface area contributed by atoms with Gasteiger partial charge in [0.25, 0.3) is 0 Å². The summed E-state index contributed by atoms with van der Waals surface area (Å²) in [5.74, 6) is 7.31. The zero-order valence-corrected chi connectivity index (χ0v) is 12.0. The Morgan fingerprint density at radius 1 is 1.39 bits per heavy atom. The standard InChI is InChI=1S/C12H23N3O2S/c1-9(2)7-18-8-11(16)15-5-3-10(4-6-15)12(17)14-13/h9-10H,3-8,13H2,1-2H3,(H,14,17). The minimum atomic E-state index is -0.115. The lowest BCUT2D eigenvalue weighted by Crippen LogP contribution is -2.45. The molecule has 1 heterocycles. The van der Waals surface area contributed by atoms with Crippen LogP contribution in [0.1, 0.15) is 26.7 Å². The maximum atomic E-state index is 11.9. The van der Waals surface area contributed by atoms with Gasteiger partial charge in [-0.25, -0.2) is 5.84 Å². The van der Waals surface area contributed by atoms with Crippen molar-refractivity contribution in [2.45, 2.75) is 26.7 Å². The van der Waals surface area contributed by atoms with Crippen molar-refractivity contribution < 1.29 is 9.59 Å². The smallest absolute Gasteiger partial charge is 0.237 e. The third-order valence-electron chi connectivity index (χ3n) is 3.04. The molecule has 0 radical (unpaired) electrons. The lowest BCUT2D eigenvalue weighted by atomic mass is 9.96. The number of nitrogens with two attached hydrogens (primary N) is 1. The van der Waals surface area contributed by atoms with Crippen LogP contribution in [0.15, 0.2) is 0 Å². The number of nitrogens with one attached hydrogen (secondary N) is 1. The summed E-state index contributed by atoms with van der Waals surface area (Å²) in [5, 5.41) is 0. The Morgan fingerprint density at radius 2 is 2.00 bits per heavy atom. The molecule has 0 aromatic rings. The van der Waals surface area contributed by atoms with E-state index in [0.717, 1.165) is 5.75 Å². The zero-order valence-electron chi connectivity index (χ0n) is 11.1. The van der Waals surface area contributed by atoms with Crippen LogP contribution in [0.3, 0.4) is 0 Å². The maximum Gasteiger partial charge on any atom is 0.237 e. The molecular weight excluding hydrogens is 250 g/mol.